The fraction of sp³-hybridized carbons (Fsp3) is 0.286. The molecule has 9 heavy (non-hydrogen) atoms. The van der Waals surface area contributed by atoms with Gasteiger partial charge in [0.1, 0.15) is 0 Å². The number of hydrogen-bond donors (Lipinski definition) is 0. The van der Waals surface area contributed by atoms with Crippen LogP contribution >= 0.6 is 11.6 Å². The Morgan fingerprint density at radius 3 is 2.56 bits per heavy atom. The summed E-state index contributed by atoms with van der Waals surface area (Å²) in [5, 5.41) is 0.616. The molecule has 0 saturated heterocycles. The van der Waals surface area contributed by atoms with E-state index >= 15 is 0 Å². The molecule has 0 saturated carbocycles. The van der Waals surface area contributed by atoms with Gasteiger partial charge in [0.25, 0.3) is 0 Å². The van der Waals surface area contributed by atoms with Crippen LogP contribution < -0.4 is 0 Å². The van der Waals surface area contributed by atoms with Crippen molar-refractivity contribution in [2.24, 2.45) is 4.99 Å². The molecule has 2 heteroatoms. The molecule has 0 aromatic rings. The van der Waals surface area contributed by atoms with Crippen molar-refractivity contribution in [3.63, 3.8) is 0 Å². The van der Waals surface area contributed by atoms with Crippen LogP contribution in [0.3, 0.4) is 0 Å². The zero-order valence-corrected chi connectivity index (χ0v) is 6.44. The molecule has 1 nitrogen and oxygen atoms in total. The summed E-state index contributed by atoms with van der Waals surface area (Å²) in [7, 11) is 1.68. The first kappa shape index (κ1) is 8.44. The number of halogens is 1. The summed E-state index contributed by atoms with van der Waals surface area (Å²) in [5.74, 6) is 0. The van der Waals surface area contributed by atoms with Crippen molar-refractivity contribution in [2.75, 3.05) is 7.05 Å². The fourth-order valence-corrected chi connectivity index (χ4v) is 0.680. The first-order valence-corrected chi connectivity index (χ1v) is 2.99. The summed E-state index contributed by atoms with van der Waals surface area (Å²) >= 11 is 5.63. The summed E-state index contributed by atoms with van der Waals surface area (Å²) in [5.41, 5.74) is 0.930. The topological polar surface area (TPSA) is 12.4 Å². The minimum Gasteiger partial charge on any atom is -0.295 e. The molecule has 0 amide bonds. The molecular formula is C7H10ClN. The van der Waals surface area contributed by atoms with Crippen molar-refractivity contribution < 1.29 is 0 Å². The first-order chi connectivity index (χ1) is 4.16. The van der Waals surface area contributed by atoms with Crippen molar-refractivity contribution in [2.45, 2.75) is 6.92 Å². The highest BCUT2D eigenvalue weighted by Gasteiger charge is 1.82. The average Bonchev–Trinajstić information content (AvgIpc) is 1.63. The molecule has 0 bridgehead atoms. The molecule has 0 aliphatic heterocycles. The Labute approximate surface area is 60.7 Å². The predicted octanol–water partition coefficient (Wildman–Crippen LogP) is 2.39. The summed E-state index contributed by atoms with van der Waals surface area (Å²) in [6, 6.07) is 0. The lowest BCUT2D eigenvalue weighted by atomic mass is 10.3. The van der Waals surface area contributed by atoms with Gasteiger partial charge >= 0.3 is 0 Å². The second-order valence-electron chi connectivity index (χ2n) is 1.76. The molecule has 0 N–H and O–H groups in total. The van der Waals surface area contributed by atoms with E-state index in [-0.39, 0.29) is 0 Å². The molecular weight excluding hydrogens is 134 g/mol. The second kappa shape index (κ2) is 4.33. The number of rotatable bonds is 2. The van der Waals surface area contributed by atoms with Gasteiger partial charge < -0.3 is 0 Å². The zero-order chi connectivity index (χ0) is 7.28. The Morgan fingerprint density at radius 1 is 1.67 bits per heavy atom. The van der Waals surface area contributed by atoms with Gasteiger partial charge in [-0.1, -0.05) is 23.8 Å². The highest BCUT2D eigenvalue weighted by atomic mass is 35.5. The molecule has 0 aromatic carbocycles. The van der Waals surface area contributed by atoms with E-state index in [9.17, 15) is 0 Å². The van der Waals surface area contributed by atoms with E-state index in [1.165, 1.54) is 0 Å². The van der Waals surface area contributed by atoms with Gasteiger partial charge in [0.15, 0.2) is 0 Å². The number of aliphatic imine (C=N–C) groups is 1. The van der Waals surface area contributed by atoms with Gasteiger partial charge in [0, 0.05) is 13.3 Å². The molecule has 0 aliphatic carbocycles. The van der Waals surface area contributed by atoms with Crippen molar-refractivity contribution in [1.29, 1.82) is 0 Å². The van der Waals surface area contributed by atoms with Crippen LogP contribution in [0.1, 0.15) is 6.92 Å². The maximum absolute atomic E-state index is 5.63. The van der Waals surface area contributed by atoms with Crippen LogP contribution in [0, 0.1) is 0 Å². The number of nitrogens with zero attached hydrogens (tertiary/aromatic N) is 1. The summed E-state index contributed by atoms with van der Waals surface area (Å²) < 4.78 is 0. The molecule has 0 aromatic heterocycles. The molecule has 0 spiro atoms. The highest BCUT2D eigenvalue weighted by Crippen LogP contribution is 2.01. The highest BCUT2D eigenvalue weighted by molar-refractivity contribution is 6.39. The van der Waals surface area contributed by atoms with Gasteiger partial charge in [-0.2, -0.15) is 0 Å². The lowest BCUT2D eigenvalue weighted by Crippen LogP contribution is -1.73. The third-order valence-electron chi connectivity index (χ3n) is 0.637. The predicted molar refractivity (Wildman–Crippen MR) is 43.2 cm³/mol. The van der Waals surface area contributed by atoms with Crippen molar-refractivity contribution in [3.8, 4) is 0 Å². The summed E-state index contributed by atoms with van der Waals surface area (Å²) in [6.07, 6.45) is 3.34. The van der Waals surface area contributed by atoms with Gasteiger partial charge in [0.05, 0.1) is 5.03 Å². The Balaban J connectivity index is 4.00. The Morgan fingerprint density at radius 2 is 2.22 bits per heavy atom. The largest absolute Gasteiger partial charge is 0.295 e. The van der Waals surface area contributed by atoms with Crippen molar-refractivity contribution in [3.05, 3.63) is 23.3 Å². The van der Waals surface area contributed by atoms with Crippen LogP contribution in [0.2, 0.25) is 0 Å². The molecule has 0 atom stereocenters. The van der Waals surface area contributed by atoms with E-state index in [2.05, 4.69) is 11.6 Å². The van der Waals surface area contributed by atoms with Gasteiger partial charge in [-0.3, -0.25) is 4.99 Å². The molecule has 0 heterocycles. The zero-order valence-electron chi connectivity index (χ0n) is 5.69. The number of allylic oxidation sites excluding steroid dienone is 3. The van der Waals surface area contributed by atoms with Crippen LogP contribution in [0.4, 0.5) is 0 Å². The van der Waals surface area contributed by atoms with Crippen LogP contribution in [-0.4, -0.2) is 13.3 Å². The second-order valence-corrected chi connectivity index (χ2v) is 2.20. The molecule has 0 fully saturated rings. The van der Waals surface area contributed by atoms with Gasteiger partial charge in [0.2, 0.25) is 0 Å². The molecule has 0 aliphatic rings. The van der Waals surface area contributed by atoms with Gasteiger partial charge in [-0.15, -0.1) is 0 Å². The van der Waals surface area contributed by atoms with Crippen LogP contribution in [0.15, 0.2) is 28.3 Å². The van der Waals surface area contributed by atoms with Crippen LogP contribution in [0.5, 0.6) is 0 Å². The maximum atomic E-state index is 5.63. The summed E-state index contributed by atoms with van der Waals surface area (Å²) in [6.45, 7) is 5.54. The minimum absolute atomic E-state index is 0.616. The van der Waals surface area contributed by atoms with E-state index in [0.29, 0.717) is 5.03 Å². The molecule has 0 radical (unpaired) electrons. The van der Waals surface area contributed by atoms with E-state index in [4.69, 9.17) is 11.6 Å². The minimum atomic E-state index is 0.616. The Hall–Kier alpha value is -0.560. The quantitative estimate of drug-likeness (QED) is 0.416. The van der Waals surface area contributed by atoms with Crippen LogP contribution in [-0.2, 0) is 0 Å². The standard InChI is InChI=1S/C7H10ClN/c1-6(2)4-7(8)5-9-3/h4-5H,1H2,2-3H3/b7-4+,9-5?. The van der Waals surface area contributed by atoms with Gasteiger partial charge in [-0.05, 0) is 13.0 Å². The summed E-state index contributed by atoms with van der Waals surface area (Å²) in [4.78, 5) is 3.72. The molecule has 50 valence electrons. The Bertz CT molecular complexity index is 156. The van der Waals surface area contributed by atoms with Crippen LogP contribution in [0.25, 0.3) is 0 Å². The normalized spacial score (nSPS) is 12.6. The van der Waals surface area contributed by atoms with E-state index in [1.54, 1.807) is 19.3 Å². The van der Waals surface area contributed by atoms with E-state index in [0.717, 1.165) is 5.57 Å². The fourth-order valence-electron chi connectivity index (χ4n) is 0.396. The van der Waals surface area contributed by atoms with Gasteiger partial charge in [-0.25, -0.2) is 0 Å². The average molecular weight is 144 g/mol. The number of hydrogen-bond acceptors (Lipinski definition) is 1. The third-order valence-corrected chi connectivity index (χ3v) is 0.843. The monoisotopic (exact) mass is 143 g/mol. The lowest BCUT2D eigenvalue weighted by Gasteiger charge is -1.85. The van der Waals surface area contributed by atoms with E-state index < -0.39 is 0 Å². The maximum Gasteiger partial charge on any atom is 0.0586 e. The lowest BCUT2D eigenvalue weighted by molar-refractivity contribution is 1.47. The third kappa shape index (κ3) is 5.31. The Kier molecular flexibility index (Phi) is 4.06. The van der Waals surface area contributed by atoms with Crippen molar-refractivity contribution in [1.82, 2.24) is 0 Å². The van der Waals surface area contributed by atoms with Crippen molar-refractivity contribution >= 4 is 17.8 Å². The van der Waals surface area contributed by atoms with E-state index in [1.807, 2.05) is 6.92 Å². The molecule has 0 unspecified atom stereocenters. The SMILES string of the molecule is C=C(C)/C=C(/Cl)C=NC. The molecule has 0 rings (SSSR count). The smallest absolute Gasteiger partial charge is 0.0586 e. The first-order valence-electron chi connectivity index (χ1n) is 2.61.